The molecule has 72 valence electrons. The van der Waals surface area contributed by atoms with Crippen molar-refractivity contribution in [1.82, 2.24) is 0 Å². The van der Waals surface area contributed by atoms with Gasteiger partial charge in [0.05, 0.1) is 0 Å². The molecule has 2 N–H and O–H groups in total. The van der Waals surface area contributed by atoms with Gasteiger partial charge in [-0.15, -0.1) is 11.3 Å². The van der Waals surface area contributed by atoms with Gasteiger partial charge in [-0.25, -0.2) is 0 Å². The Kier molecular flexibility index (Phi) is 2.20. The molecule has 1 aliphatic carbocycles. The molecule has 2 heteroatoms. The van der Waals surface area contributed by atoms with Gasteiger partial charge in [-0.3, -0.25) is 0 Å². The second-order valence-electron chi connectivity index (χ2n) is 4.50. The van der Waals surface area contributed by atoms with Gasteiger partial charge < -0.3 is 5.73 Å². The Hall–Kier alpha value is -0.340. The summed E-state index contributed by atoms with van der Waals surface area (Å²) >= 11 is 1.90. The lowest BCUT2D eigenvalue weighted by molar-refractivity contribution is 0.433. The van der Waals surface area contributed by atoms with E-state index < -0.39 is 0 Å². The molecule has 0 fully saturated rings. The average Bonchev–Trinajstić information content (AvgIpc) is 2.48. The average molecular weight is 195 g/mol. The van der Waals surface area contributed by atoms with Gasteiger partial charge in [-0.05, 0) is 41.2 Å². The van der Waals surface area contributed by atoms with E-state index in [1.807, 2.05) is 11.3 Å². The monoisotopic (exact) mass is 195 g/mol. The van der Waals surface area contributed by atoms with Crippen LogP contribution in [0.5, 0.6) is 0 Å². The third-order valence-corrected chi connectivity index (χ3v) is 4.14. The fourth-order valence-electron chi connectivity index (χ4n) is 2.40. The van der Waals surface area contributed by atoms with Crippen molar-refractivity contribution in [2.24, 2.45) is 5.73 Å². The number of hydrogen-bond donors (Lipinski definition) is 1. The van der Waals surface area contributed by atoms with Crippen LogP contribution in [0.25, 0.3) is 0 Å². The molecule has 0 amide bonds. The molecule has 0 aromatic carbocycles. The highest BCUT2D eigenvalue weighted by atomic mass is 32.1. The first-order chi connectivity index (χ1) is 6.15. The lowest BCUT2D eigenvalue weighted by atomic mass is 9.74. The summed E-state index contributed by atoms with van der Waals surface area (Å²) in [5.74, 6) is 0. The van der Waals surface area contributed by atoms with Crippen LogP contribution in [0, 0.1) is 0 Å². The normalized spacial score (nSPS) is 19.9. The van der Waals surface area contributed by atoms with Gasteiger partial charge in [0.25, 0.3) is 0 Å². The van der Waals surface area contributed by atoms with Gasteiger partial charge in [0.1, 0.15) is 0 Å². The fourth-order valence-corrected chi connectivity index (χ4v) is 3.69. The quantitative estimate of drug-likeness (QED) is 0.732. The number of fused-ring (bicyclic) bond motifs is 1. The molecule has 0 spiro atoms. The molecule has 0 saturated carbocycles. The number of nitrogens with two attached hydrogens (primary N) is 1. The second kappa shape index (κ2) is 3.10. The Labute approximate surface area is 84.0 Å². The smallest absolute Gasteiger partial charge is 0.0189 e. The van der Waals surface area contributed by atoms with Crippen LogP contribution in [0.15, 0.2) is 5.38 Å². The van der Waals surface area contributed by atoms with E-state index in [1.54, 1.807) is 10.4 Å². The van der Waals surface area contributed by atoms with Crippen LogP contribution in [-0.4, -0.2) is 0 Å². The topological polar surface area (TPSA) is 26.0 Å². The predicted octanol–water partition coefficient (Wildman–Crippen LogP) is 2.82. The highest BCUT2D eigenvalue weighted by molar-refractivity contribution is 7.10. The summed E-state index contributed by atoms with van der Waals surface area (Å²) in [6.07, 6.45) is 3.91. The number of thiophene rings is 1. The van der Waals surface area contributed by atoms with Crippen molar-refractivity contribution < 1.29 is 0 Å². The summed E-state index contributed by atoms with van der Waals surface area (Å²) in [4.78, 5) is 1.58. The Morgan fingerprint density at radius 2 is 2.31 bits per heavy atom. The van der Waals surface area contributed by atoms with Gasteiger partial charge in [-0.1, -0.05) is 13.8 Å². The van der Waals surface area contributed by atoms with E-state index in [1.165, 1.54) is 24.8 Å². The molecule has 13 heavy (non-hydrogen) atoms. The zero-order valence-electron chi connectivity index (χ0n) is 8.39. The van der Waals surface area contributed by atoms with Gasteiger partial charge in [-0.2, -0.15) is 0 Å². The molecule has 0 saturated heterocycles. The summed E-state index contributed by atoms with van der Waals surface area (Å²) in [6.45, 7) is 5.39. The molecular formula is C11H17NS. The first-order valence-electron chi connectivity index (χ1n) is 4.95. The fraction of sp³-hybridized carbons (Fsp3) is 0.636. The molecule has 2 rings (SSSR count). The minimum atomic E-state index is 0.363. The standard InChI is InChI=1S/C11H17NS/c1-11(2)5-3-4-9-10(11)8(6-12)7-13-9/h7H,3-6,12H2,1-2H3. The summed E-state index contributed by atoms with van der Waals surface area (Å²) in [6, 6.07) is 0. The molecular weight excluding hydrogens is 178 g/mol. The van der Waals surface area contributed by atoms with E-state index in [0.29, 0.717) is 12.0 Å². The van der Waals surface area contributed by atoms with Crippen molar-refractivity contribution in [3.8, 4) is 0 Å². The SMILES string of the molecule is CC1(C)CCCc2scc(CN)c21. The van der Waals surface area contributed by atoms with Crippen LogP contribution in [0.4, 0.5) is 0 Å². The number of aryl methyl sites for hydroxylation is 1. The number of hydrogen-bond acceptors (Lipinski definition) is 2. The van der Waals surface area contributed by atoms with Crippen LogP contribution in [0.1, 0.15) is 42.7 Å². The maximum absolute atomic E-state index is 5.75. The van der Waals surface area contributed by atoms with E-state index >= 15 is 0 Å². The minimum Gasteiger partial charge on any atom is -0.326 e. The van der Waals surface area contributed by atoms with E-state index in [0.717, 1.165) is 0 Å². The molecule has 0 radical (unpaired) electrons. The van der Waals surface area contributed by atoms with Crippen LogP contribution >= 0.6 is 11.3 Å². The van der Waals surface area contributed by atoms with Crippen LogP contribution < -0.4 is 5.73 Å². The van der Waals surface area contributed by atoms with Crippen molar-refractivity contribution in [3.05, 3.63) is 21.4 Å². The molecule has 0 aliphatic heterocycles. The molecule has 0 atom stereocenters. The highest BCUT2D eigenvalue weighted by Crippen LogP contribution is 2.41. The minimum absolute atomic E-state index is 0.363. The van der Waals surface area contributed by atoms with Crippen LogP contribution in [0.2, 0.25) is 0 Å². The molecule has 1 nitrogen and oxygen atoms in total. The molecule has 0 unspecified atom stereocenters. The van der Waals surface area contributed by atoms with E-state index in [2.05, 4.69) is 19.2 Å². The van der Waals surface area contributed by atoms with E-state index in [4.69, 9.17) is 5.73 Å². The maximum Gasteiger partial charge on any atom is 0.0189 e. The Morgan fingerprint density at radius 3 is 3.00 bits per heavy atom. The van der Waals surface area contributed by atoms with E-state index in [-0.39, 0.29) is 0 Å². The maximum atomic E-state index is 5.75. The predicted molar refractivity (Wildman–Crippen MR) is 58.2 cm³/mol. The van der Waals surface area contributed by atoms with Crippen molar-refractivity contribution in [1.29, 1.82) is 0 Å². The van der Waals surface area contributed by atoms with Gasteiger partial charge in [0, 0.05) is 11.4 Å². The molecule has 1 aliphatic rings. The third kappa shape index (κ3) is 1.42. The summed E-state index contributed by atoms with van der Waals surface area (Å²) in [7, 11) is 0. The Morgan fingerprint density at radius 1 is 1.54 bits per heavy atom. The largest absolute Gasteiger partial charge is 0.326 e. The van der Waals surface area contributed by atoms with Crippen LogP contribution in [0.3, 0.4) is 0 Å². The van der Waals surface area contributed by atoms with Crippen molar-refractivity contribution >= 4 is 11.3 Å². The molecule has 1 aromatic heterocycles. The van der Waals surface area contributed by atoms with E-state index in [9.17, 15) is 0 Å². The number of rotatable bonds is 1. The summed E-state index contributed by atoms with van der Waals surface area (Å²) in [5.41, 5.74) is 9.05. The first kappa shape index (κ1) is 9.22. The van der Waals surface area contributed by atoms with Gasteiger partial charge in [0.15, 0.2) is 0 Å². The van der Waals surface area contributed by atoms with Gasteiger partial charge in [0.2, 0.25) is 0 Å². The molecule has 0 bridgehead atoms. The molecule has 1 aromatic rings. The lowest BCUT2D eigenvalue weighted by Gasteiger charge is -2.31. The van der Waals surface area contributed by atoms with Crippen molar-refractivity contribution in [3.63, 3.8) is 0 Å². The third-order valence-electron chi connectivity index (χ3n) is 3.05. The highest BCUT2D eigenvalue weighted by Gasteiger charge is 2.30. The van der Waals surface area contributed by atoms with Gasteiger partial charge >= 0.3 is 0 Å². The second-order valence-corrected chi connectivity index (χ2v) is 5.46. The Balaban J connectivity index is 2.52. The summed E-state index contributed by atoms with van der Waals surface area (Å²) in [5, 5.41) is 2.25. The van der Waals surface area contributed by atoms with Crippen molar-refractivity contribution in [2.45, 2.75) is 45.1 Å². The van der Waals surface area contributed by atoms with Crippen LogP contribution in [-0.2, 0) is 18.4 Å². The first-order valence-corrected chi connectivity index (χ1v) is 5.83. The molecule has 1 heterocycles. The van der Waals surface area contributed by atoms with Crippen molar-refractivity contribution in [2.75, 3.05) is 0 Å². The summed E-state index contributed by atoms with van der Waals surface area (Å²) < 4.78 is 0. The zero-order chi connectivity index (χ0) is 9.47. The Bertz CT molecular complexity index is 298. The lowest BCUT2D eigenvalue weighted by Crippen LogP contribution is -2.24. The zero-order valence-corrected chi connectivity index (χ0v) is 9.21.